The van der Waals surface area contributed by atoms with E-state index in [4.69, 9.17) is 5.26 Å². The largest absolute Gasteiger partial charge is 0.214 e. The Labute approximate surface area is 86.6 Å². The highest BCUT2D eigenvalue weighted by Crippen LogP contribution is 2.10. The molecular weight excluding hydrogens is 200 g/mol. The van der Waals surface area contributed by atoms with Gasteiger partial charge in [-0.15, -0.1) is 0 Å². The summed E-state index contributed by atoms with van der Waals surface area (Å²) in [7, 11) is -1.67. The van der Waals surface area contributed by atoms with Crippen LogP contribution in [0, 0.1) is 17.2 Å². The maximum atomic E-state index is 11.7. The van der Waals surface area contributed by atoms with Crippen LogP contribution in [0.25, 0.3) is 0 Å². The van der Waals surface area contributed by atoms with E-state index in [1.807, 2.05) is 19.9 Å². The molecule has 0 aliphatic carbocycles. The molecule has 0 bridgehead atoms. The Morgan fingerprint density at radius 2 is 1.86 bits per heavy atom. The highest BCUT2D eigenvalue weighted by Gasteiger charge is 2.23. The second-order valence-electron chi connectivity index (χ2n) is 3.90. The van der Waals surface area contributed by atoms with Crippen LogP contribution in [0.2, 0.25) is 0 Å². The fraction of sp³-hybridized carbons (Fsp3) is 0.889. The average molecular weight is 218 g/mol. The average Bonchev–Trinajstić information content (AvgIpc) is 2.01. The lowest BCUT2D eigenvalue weighted by Crippen LogP contribution is -2.37. The molecule has 0 rings (SSSR count). The molecule has 14 heavy (non-hydrogen) atoms. The van der Waals surface area contributed by atoms with Gasteiger partial charge in [0.05, 0.1) is 18.2 Å². The lowest BCUT2D eigenvalue weighted by Gasteiger charge is -2.23. The summed E-state index contributed by atoms with van der Waals surface area (Å²) in [4.78, 5) is 0. The topological polar surface area (TPSA) is 61.2 Å². The first-order valence-electron chi connectivity index (χ1n) is 4.64. The Bertz CT molecular complexity index is 303. The lowest BCUT2D eigenvalue weighted by molar-refractivity contribution is 0.390. The van der Waals surface area contributed by atoms with Crippen molar-refractivity contribution in [3.05, 3.63) is 0 Å². The smallest absolute Gasteiger partial charge is 0.212 e. The van der Waals surface area contributed by atoms with Gasteiger partial charge in [-0.25, -0.2) is 12.7 Å². The standard InChI is InChI=1S/C9H18N2O2S/c1-8(2)7-14(12,13)11(4)9(3)5-6-10/h8-9H,5,7H2,1-4H3. The molecule has 1 unspecified atom stereocenters. The van der Waals surface area contributed by atoms with Gasteiger partial charge < -0.3 is 0 Å². The fourth-order valence-corrected chi connectivity index (χ4v) is 2.77. The van der Waals surface area contributed by atoms with Crippen molar-refractivity contribution in [3.8, 4) is 6.07 Å². The number of hydrogen-bond acceptors (Lipinski definition) is 3. The van der Waals surface area contributed by atoms with Crippen molar-refractivity contribution in [2.75, 3.05) is 12.8 Å². The Morgan fingerprint density at radius 1 is 1.36 bits per heavy atom. The second kappa shape index (κ2) is 5.32. The van der Waals surface area contributed by atoms with Gasteiger partial charge in [-0.2, -0.15) is 5.26 Å². The Morgan fingerprint density at radius 3 is 2.21 bits per heavy atom. The first-order chi connectivity index (χ1) is 6.31. The van der Waals surface area contributed by atoms with Crippen molar-refractivity contribution < 1.29 is 8.42 Å². The molecule has 0 aromatic carbocycles. The van der Waals surface area contributed by atoms with Gasteiger partial charge in [-0.05, 0) is 12.8 Å². The zero-order chi connectivity index (χ0) is 11.4. The highest BCUT2D eigenvalue weighted by atomic mass is 32.2. The second-order valence-corrected chi connectivity index (χ2v) is 5.97. The first kappa shape index (κ1) is 13.4. The Balaban J connectivity index is 4.52. The van der Waals surface area contributed by atoms with Crippen molar-refractivity contribution in [2.24, 2.45) is 5.92 Å². The summed E-state index contributed by atoms with van der Waals surface area (Å²) < 4.78 is 24.6. The Kier molecular flexibility index (Phi) is 5.09. The highest BCUT2D eigenvalue weighted by molar-refractivity contribution is 7.89. The molecule has 4 nitrogen and oxygen atoms in total. The van der Waals surface area contributed by atoms with Crippen LogP contribution in [0.4, 0.5) is 0 Å². The summed E-state index contributed by atoms with van der Waals surface area (Å²) in [5.41, 5.74) is 0. The molecule has 0 fully saturated rings. The van der Waals surface area contributed by atoms with Gasteiger partial charge in [0.1, 0.15) is 0 Å². The quantitative estimate of drug-likeness (QED) is 0.696. The number of nitriles is 1. The van der Waals surface area contributed by atoms with Gasteiger partial charge in [0.15, 0.2) is 0 Å². The van der Waals surface area contributed by atoms with Crippen LogP contribution in [0.1, 0.15) is 27.2 Å². The van der Waals surface area contributed by atoms with Crippen molar-refractivity contribution in [1.82, 2.24) is 4.31 Å². The van der Waals surface area contributed by atoms with E-state index < -0.39 is 10.0 Å². The molecule has 0 amide bonds. The van der Waals surface area contributed by atoms with Crippen LogP contribution in [0.3, 0.4) is 0 Å². The molecule has 0 N–H and O–H groups in total. The molecular formula is C9H18N2O2S. The minimum absolute atomic E-state index is 0.108. The molecule has 5 heteroatoms. The van der Waals surface area contributed by atoms with Crippen LogP contribution < -0.4 is 0 Å². The predicted octanol–water partition coefficient (Wildman–Crippen LogP) is 1.21. The number of hydrogen-bond donors (Lipinski definition) is 0. The van der Waals surface area contributed by atoms with Crippen LogP contribution in [0.5, 0.6) is 0 Å². The maximum Gasteiger partial charge on any atom is 0.214 e. The van der Waals surface area contributed by atoms with E-state index in [0.717, 1.165) is 0 Å². The SMILES string of the molecule is CC(C)CS(=O)(=O)N(C)C(C)CC#N. The van der Waals surface area contributed by atoms with Crippen LogP contribution in [-0.2, 0) is 10.0 Å². The van der Waals surface area contributed by atoms with Crippen molar-refractivity contribution in [3.63, 3.8) is 0 Å². The lowest BCUT2D eigenvalue weighted by atomic mass is 10.3. The van der Waals surface area contributed by atoms with Gasteiger partial charge in [0.2, 0.25) is 10.0 Å². The van der Waals surface area contributed by atoms with Gasteiger partial charge in [0, 0.05) is 13.1 Å². The molecule has 1 atom stereocenters. The predicted molar refractivity (Wildman–Crippen MR) is 56.1 cm³/mol. The minimum atomic E-state index is -3.20. The molecule has 0 radical (unpaired) electrons. The first-order valence-corrected chi connectivity index (χ1v) is 6.24. The van der Waals surface area contributed by atoms with Crippen molar-refractivity contribution >= 4 is 10.0 Å². The van der Waals surface area contributed by atoms with E-state index >= 15 is 0 Å². The van der Waals surface area contributed by atoms with Gasteiger partial charge in [0.25, 0.3) is 0 Å². The fourth-order valence-electron chi connectivity index (χ4n) is 1.07. The number of sulfonamides is 1. The third-order valence-corrected chi connectivity index (χ3v) is 4.32. The van der Waals surface area contributed by atoms with Crippen molar-refractivity contribution in [2.45, 2.75) is 33.2 Å². The molecule has 0 aliphatic heterocycles. The van der Waals surface area contributed by atoms with E-state index in [1.165, 1.54) is 11.4 Å². The van der Waals surface area contributed by atoms with E-state index in [2.05, 4.69) is 0 Å². The van der Waals surface area contributed by atoms with E-state index in [0.29, 0.717) is 0 Å². The zero-order valence-electron chi connectivity index (χ0n) is 9.19. The van der Waals surface area contributed by atoms with E-state index in [-0.39, 0.29) is 24.1 Å². The summed E-state index contributed by atoms with van der Waals surface area (Å²) >= 11 is 0. The monoisotopic (exact) mass is 218 g/mol. The van der Waals surface area contributed by atoms with E-state index in [9.17, 15) is 8.42 Å². The van der Waals surface area contributed by atoms with Crippen molar-refractivity contribution in [1.29, 1.82) is 5.26 Å². The molecule has 82 valence electrons. The van der Waals surface area contributed by atoms with Crippen LogP contribution in [-0.4, -0.2) is 31.6 Å². The molecule has 0 aromatic heterocycles. The molecule has 0 saturated heterocycles. The molecule has 0 heterocycles. The summed E-state index contributed by atoms with van der Waals surface area (Å²) in [6.07, 6.45) is 0.230. The number of nitrogens with zero attached hydrogens (tertiary/aromatic N) is 2. The summed E-state index contributed by atoms with van der Waals surface area (Å²) in [5.74, 6) is 0.246. The summed E-state index contributed by atoms with van der Waals surface area (Å²) in [6, 6.07) is 1.72. The van der Waals surface area contributed by atoms with E-state index in [1.54, 1.807) is 6.92 Å². The maximum absolute atomic E-state index is 11.7. The van der Waals surface area contributed by atoms with Gasteiger partial charge >= 0.3 is 0 Å². The normalized spacial score (nSPS) is 14.4. The third-order valence-electron chi connectivity index (χ3n) is 1.99. The molecule has 0 saturated carbocycles. The number of rotatable bonds is 5. The third kappa shape index (κ3) is 4.07. The summed E-state index contributed by atoms with van der Waals surface area (Å²) in [5, 5.41) is 8.46. The summed E-state index contributed by atoms with van der Waals surface area (Å²) in [6.45, 7) is 5.46. The van der Waals surface area contributed by atoms with Crippen LogP contribution in [0.15, 0.2) is 0 Å². The molecule has 0 aliphatic rings. The molecule has 0 spiro atoms. The van der Waals surface area contributed by atoms with Crippen LogP contribution >= 0.6 is 0 Å². The minimum Gasteiger partial charge on any atom is -0.212 e. The zero-order valence-corrected chi connectivity index (χ0v) is 10.0. The van der Waals surface area contributed by atoms with Gasteiger partial charge in [-0.1, -0.05) is 13.8 Å². The van der Waals surface area contributed by atoms with Gasteiger partial charge in [-0.3, -0.25) is 0 Å². The molecule has 0 aromatic rings. The Hall–Kier alpha value is -0.600.